The molecule has 4 rings (SSSR count). The molecule has 9 nitrogen and oxygen atoms in total. The number of carbonyl (C=O) groups excluding carboxylic acids is 1. The van der Waals surface area contributed by atoms with E-state index in [0.717, 1.165) is 0 Å². The van der Waals surface area contributed by atoms with Crippen LogP contribution < -0.4 is 10.6 Å². The van der Waals surface area contributed by atoms with E-state index >= 15 is 0 Å². The second-order valence-corrected chi connectivity index (χ2v) is 7.39. The fraction of sp³-hybridized carbons (Fsp3) is 0.368. The molecule has 0 bridgehead atoms. The standard InChI is InChI=1S/C19H18F4N6O3/c20-9-1-2-10(19(21,22)23)8(5-9)6-24-18(32)14-13-16(25-7-26-17(13)29-28-14)27-11-3-4-12(30)15(11)31/h1-2,5,7,11-12,15,30-31H,3-4,6H2,(H,24,32)(H2,25,26,27,28,29)/t11-,12-,15+/m1/s1. The zero-order chi connectivity index (χ0) is 23.0. The predicted octanol–water partition coefficient (Wildman–Crippen LogP) is 1.74. The lowest BCUT2D eigenvalue weighted by Gasteiger charge is -2.19. The van der Waals surface area contributed by atoms with Crippen LogP contribution in [0.5, 0.6) is 0 Å². The lowest BCUT2D eigenvalue weighted by molar-refractivity contribution is -0.138. The molecule has 2 heterocycles. The molecule has 13 heteroatoms. The maximum Gasteiger partial charge on any atom is 0.416 e. The monoisotopic (exact) mass is 454 g/mol. The minimum atomic E-state index is -4.72. The van der Waals surface area contributed by atoms with Crippen molar-refractivity contribution in [2.24, 2.45) is 0 Å². The van der Waals surface area contributed by atoms with Gasteiger partial charge in [-0.3, -0.25) is 9.89 Å². The van der Waals surface area contributed by atoms with E-state index in [1.165, 1.54) is 6.33 Å². The van der Waals surface area contributed by atoms with E-state index in [4.69, 9.17) is 0 Å². The molecule has 3 aromatic rings. The van der Waals surface area contributed by atoms with Crippen molar-refractivity contribution < 1.29 is 32.6 Å². The maximum absolute atomic E-state index is 13.5. The van der Waals surface area contributed by atoms with Gasteiger partial charge in [-0.15, -0.1) is 0 Å². The van der Waals surface area contributed by atoms with Gasteiger partial charge in [-0.25, -0.2) is 14.4 Å². The summed E-state index contributed by atoms with van der Waals surface area (Å²) in [6.45, 7) is -0.587. The largest absolute Gasteiger partial charge is 0.416 e. The van der Waals surface area contributed by atoms with Crippen molar-refractivity contribution >= 4 is 22.8 Å². The summed E-state index contributed by atoms with van der Waals surface area (Å²) < 4.78 is 53.0. The number of nitrogens with one attached hydrogen (secondary N) is 3. The molecule has 1 amide bonds. The molecule has 1 saturated carbocycles. The van der Waals surface area contributed by atoms with Gasteiger partial charge in [0.05, 0.1) is 29.2 Å². The van der Waals surface area contributed by atoms with Gasteiger partial charge in [0.15, 0.2) is 5.65 Å². The molecule has 0 spiro atoms. The summed E-state index contributed by atoms with van der Waals surface area (Å²) in [6, 6.07) is 1.48. The zero-order valence-electron chi connectivity index (χ0n) is 16.3. The third kappa shape index (κ3) is 4.21. The van der Waals surface area contributed by atoms with Crippen molar-refractivity contribution in [3.63, 3.8) is 0 Å². The van der Waals surface area contributed by atoms with Crippen LogP contribution in [0.4, 0.5) is 23.4 Å². The van der Waals surface area contributed by atoms with E-state index in [2.05, 4.69) is 30.8 Å². The smallest absolute Gasteiger partial charge is 0.390 e. The van der Waals surface area contributed by atoms with Gasteiger partial charge in [0, 0.05) is 6.54 Å². The van der Waals surface area contributed by atoms with E-state index in [0.29, 0.717) is 31.0 Å². The molecule has 0 aliphatic heterocycles. The Bertz CT molecular complexity index is 1150. The van der Waals surface area contributed by atoms with Crippen molar-refractivity contribution in [1.82, 2.24) is 25.5 Å². The first-order valence-electron chi connectivity index (χ1n) is 9.60. The lowest BCUT2D eigenvalue weighted by atomic mass is 10.1. The van der Waals surface area contributed by atoms with Crippen LogP contribution in [0.1, 0.15) is 34.5 Å². The number of rotatable bonds is 5. The number of H-pyrrole nitrogens is 1. The minimum Gasteiger partial charge on any atom is -0.390 e. The second-order valence-electron chi connectivity index (χ2n) is 7.39. The van der Waals surface area contributed by atoms with Gasteiger partial charge in [-0.05, 0) is 36.6 Å². The first-order chi connectivity index (χ1) is 15.1. The number of nitrogens with zero attached hydrogens (tertiary/aromatic N) is 3. The molecule has 32 heavy (non-hydrogen) atoms. The number of alkyl halides is 3. The van der Waals surface area contributed by atoms with Gasteiger partial charge in [0.2, 0.25) is 0 Å². The number of halogens is 4. The summed E-state index contributed by atoms with van der Waals surface area (Å²) in [4.78, 5) is 20.7. The van der Waals surface area contributed by atoms with Gasteiger partial charge in [0.1, 0.15) is 23.7 Å². The molecule has 1 aromatic carbocycles. The van der Waals surface area contributed by atoms with E-state index in [-0.39, 0.29) is 22.5 Å². The predicted molar refractivity (Wildman–Crippen MR) is 103 cm³/mol. The minimum absolute atomic E-state index is 0.113. The number of fused-ring (bicyclic) bond motifs is 1. The number of carbonyl (C=O) groups is 1. The molecule has 0 unspecified atom stereocenters. The molecule has 5 N–H and O–H groups in total. The number of anilines is 1. The van der Waals surface area contributed by atoms with Gasteiger partial charge < -0.3 is 20.8 Å². The van der Waals surface area contributed by atoms with Crippen molar-refractivity contribution in [2.75, 3.05) is 5.32 Å². The summed E-state index contributed by atoms with van der Waals surface area (Å²) in [5, 5.41) is 31.6. The molecule has 1 aliphatic rings. The van der Waals surface area contributed by atoms with Crippen LogP contribution in [-0.2, 0) is 12.7 Å². The Hall–Kier alpha value is -3.32. The second kappa shape index (κ2) is 8.31. The summed E-state index contributed by atoms with van der Waals surface area (Å²) in [7, 11) is 0. The van der Waals surface area contributed by atoms with Crippen LogP contribution in [-0.4, -0.2) is 54.5 Å². The summed E-state index contributed by atoms with van der Waals surface area (Å²) in [5.41, 5.74) is -1.51. The van der Waals surface area contributed by atoms with Gasteiger partial charge in [-0.2, -0.15) is 18.3 Å². The molecule has 1 fully saturated rings. The number of hydrogen-bond donors (Lipinski definition) is 5. The number of hydrogen-bond acceptors (Lipinski definition) is 7. The SMILES string of the molecule is O=C(NCc1cc(F)ccc1C(F)(F)F)c1[nH]nc2ncnc(N[C@@H]3CC[C@@H](O)[C@H]3O)c12. The number of aromatic amines is 1. The fourth-order valence-electron chi connectivity index (χ4n) is 3.67. The van der Waals surface area contributed by atoms with Crippen molar-refractivity contribution in [3.8, 4) is 0 Å². The van der Waals surface area contributed by atoms with Crippen LogP contribution in [0.3, 0.4) is 0 Å². The highest BCUT2D eigenvalue weighted by Gasteiger charge is 2.35. The first-order valence-corrected chi connectivity index (χ1v) is 9.60. The number of aliphatic hydroxyl groups is 2. The Morgan fingerprint density at radius 1 is 1.22 bits per heavy atom. The fourth-order valence-corrected chi connectivity index (χ4v) is 3.67. The van der Waals surface area contributed by atoms with E-state index in [9.17, 15) is 32.6 Å². The summed E-state index contributed by atoms with van der Waals surface area (Å²) >= 11 is 0. The molecule has 170 valence electrons. The Balaban J connectivity index is 1.58. The summed E-state index contributed by atoms with van der Waals surface area (Å²) in [6.07, 6.45) is -4.64. The van der Waals surface area contributed by atoms with Crippen LogP contribution in [0.2, 0.25) is 0 Å². The molecule has 1 aliphatic carbocycles. The third-order valence-electron chi connectivity index (χ3n) is 5.29. The Labute approximate surface area is 177 Å². The van der Waals surface area contributed by atoms with Crippen LogP contribution >= 0.6 is 0 Å². The molecular weight excluding hydrogens is 436 g/mol. The van der Waals surface area contributed by atoms with Crippen LogP contribution in [0.25, 0.3) is 11.0 Å². The highest BCUT2D eigenvalue weighted by atomic mass is 19.4. The topological polar surface area (TPSA) is 136 Å². The Morgan fingerprint density at radius 2 is 2.00 bits per heavy atom. The molecule has 0 radical (unpaired) electrons. The van der Waals surface area contributed by atoms with E-state index < -0.39 is 53.8 Å². The van der Waals surface area contributed by atoms with E-state index in [1.807, 2.05) is 0 Å². The number of amides is 1. The van der Waals surface area contributed by atoms with Gasteiger partial charge in [-0.1, -0.05) is 0 Å². The van der Waals surface area contributed by atoms with Crippen LogP contribution in [0.15, 0.2) is 24.5 Å². The van der Waals surface area contributed by atoms with Crippen molar-refractivity contribution in [3.05, 3.63) is 47.2 Å². The number of aromatic nitrogens is 4. The average Bonchev–Trinajstić information content (AvgIpc) is 3.31. The lowest BCUT2D eigenvalue weighted by Crippen LogP contribution is -2.34. The average molecular weight is 454 g/mol. The van der Waals surface area contributed by atoms with Crippen molar-refractivity contribution in [2.45, 2.75) is 43.8 Å². The van der Waals surface area contributed by atoms with Crippen LogP contribution in [0, 0.1) is 5.82 Å². The molecule has 2 aromatic heterocycles. The highest BCUT2D eigenvalue weighted by molar-refractivity contribution is 6.07. The normalized spacial score (nSPS) is 21.1. The Kier molecular flexibility index (Phi) is 5.69. The molecule has 0 saturated heterocycles. The molecular formula is C19H18F4N6O3. The number of benzene rings is 1. The van der Waals surface area contributed by atoms with Crippen molar-refractivity contribution in [1.29, 1.82) is 0 Å². The van der Waals surface area contributed by atoms with E-state index in [1.54, 1.807) is 0 Å². The first kappa shape index (κ1) is 21.9. The zero-order valence-corrected chi connectivity index (χ0v) is 16.3. The Morgan fingerprint density at radius 3 is 2.69 bits per heavy atom. The number of aliphatic hydroxyl groups excluding tert-OH is 2. The third-order valence-corrected chi connectivity index (χ3v) is 5.29. The van der Waals surface area contributed by atoms with Gasteiger partial charge in [0.25, 0.3) is 5.91 Å². The highest BCUT2D eigenvalue weighted by Crippen LogP contribution is 2.32. The quantitative estimate of drug-likeness (QED) is 0.371. The molecule has 3 atom stereocenters. The van der Waals surface area contributed by atoms with Gasteiger partial charge >= 0.3 is 6.18 Å². The maximum atomic E-state index is 13.5. The summed E-state index contributed by atoms with van der Waals surface area (Å²) in [5.74, 6) is -1.52.